The molecule has 5 N–H and O–H groups in total. The van der Waals surface area contributed by atoms with Crippen molar-refractivity contribution in [1.82, 2.24) is 0 Å². The third kappa shape index (κ3) is 5.49. The molecule has 1 aromatic carbocycles. The van der Waals surface area contributed by atoms with E-state index in [-0.39, 0.29) is 5.96 Å². The molecular formula is C12H12N4O4S2. The smallest absolute Gasteiger partial charge is 0.290 e. The molecule has 0 saturated heterocycles. The van der Waals surface area contributed by atoms with Crippen LogP contribution in [-0.4, -0.2) is 31.1 Å². The molecular weight excluding hydrogens is 328 g/mol. The number of guanidine groups is 1. The molecule has 0 radical (unpaired) electrons. The molecule has 0 atom stereocenters. The highest BCUT2D eigenvalue weighted by Gasteiger charge is 2.11. The number of nitriles is 1. The van der Waals surface area contributed by atoms with Gasteiger partial charge in [0, 0.05) is 10.1 Å². The van der Waals surface area contributed by atoms with E-state index in [0.29, 0.717) is 16.7 Å². The van der Waals surface area contributed by atoms with E-state index < -0.39 is 16.0 Å². The molecule has 1 aromatic heterocycles. The van der Waals surface area contributed by atoms with Gasteiger partial charge in [0.15, 0.2) is 5.96 Å². The second-order valence-corrected chi connectivity index (χ2v) is 6.56. The number of thiophene rings is 1. The molecule has 0 bridgehead atoms. The molecule has 2 aromatic rings. The van der Waals surface area contributed by atoms with Gasteiger partial charge in [-0.05, 0) is 18.2 Å². The standard InChI is InChI=1S/C11H8N4OS.CH4O3S/c12-5-6-2-1-3-8-7(6)4-9(17-8)10(16)15-11(13)14;1-5(2,3)4/h1-4H,(H4,13,14,15,16);1H3,(H,2,3,4). The van der Waals surface area contributed by atoms with E-state index in [1.807, 2.05) is 6.07 Å². The number of hydrogen-bond donors (Lipinski definition) is 3. The van der Waals surface area contributed by atoms with Crippen LogP contribution in [0.3, 0.4) is 0 Å². The predicted octanol–water partition coefficient (Wildman–Crippen LogP) is 0.691. The van der Waals surface area contributed by atoms with Crippen LogP contribution >= 0.6 is 11.3 Å². The molecule has 8 nitrogen and oxygen atoms in total. The van der Waals surface area contributed by atoms with Crippen LogP contribution in [0, 0.1) is 11.3 Å². The summed E-state index contributed by atoms with van der Waals surface area (Å²) in [6, 6.07) is 9.01. The number of amides is 1. The van der Waals surface area contributed by atoms with Crippen molar-refractivity contribution in [2.45, 2.75) is 0 Å². The number of carbonyl (C=O) groups excluding carboxylic acids is 1. The lowest BCUT2D eigenvalue weighted by Crippen LogP contribution is -2.24. The van der Waals surface area contributed by atoms with Crippen molar-refractivity contribution < 1.29 is 17.8 Å². The molecule has 0 unspecified atom stereocenters. The molecule has 2 rings (SSSR count). The Balaban J connectivity index is 0.000000422. The van der Waals surface area contributed by atoms with Crippen LogP contribution in [0.5, 0.6) is 0 Å². The van der Waals surface area contributed by atoms with E-state index in [1.165, 1.54) is 11.3 Å². The van der Waals surface area contributed by atoms with Crippen LogP contribution in [0.4, 0.5) is 0 Å². The van der Waals surface area contributed by atoms with Gasteiger partial charge in [0.1, 0.15) is 0 Å². The maximum absolute atomic E-state index is 11.6. The molecule has 0 fully saturated rings. The summed E-state index contributed by atoms with van der Waals surface area (Å²) < 4.78 is 26.7. The fourth-order valence-electron chi connectivity index (χ4n) is 1.44. The Morgan fingerprint density at radius 2 is 2.00 bits per heavy atom. The molecule has 1 amide bonds. The van der Waals surface area contributed by atoms with Gasteiger partial charge in [-0.2, -0.15) is 18.7 Å². The number of nitrogens with two attached hydrogens (primary N) is 2. The molecule has 1 heterocycles. The summed E-state index contributed by atoms with van der Waals surface area (Å²) >= 11 is 1.26. The van der Waals surface area contributed by atoms with Crippen LogP contribution in [-0.2, 0) is 10.1 Å². The molecule has 0 aliphatic heterocycles. The number of fused-ring (bicyclic) bond motifs is 1. The predicted molar refractivity (Wildman–Crippen MR) is 84.2 cm³/mol. The van der Waals surface area contributed by atoms with Crippen molar-refractivity contribution >= 4 is 43.4 Å². The lowest BCUT2D eigenvalue weighted by atomic mass is 10.1. The Kier molecular flexibility index (Phi) is 5.58. The van der Waals surface area contributed by atoms with Gasteiger partial charge >= 0.3 is 0 Å². The van der Waals surface area contributed by atoms with Crippen molar-refractivity contribution in [3.8, 4) is 6.07 Å². The van der Waals surface area contributed by atoms with E-state index in [0.717, 1.165) is 10.1 Å². The second-order valence-electron chi connectivity index (χ2n) is 4.01. The highest BCUT2D eigenvalue weighted by Crippen LogP contribution is 2.28. The lowest BCUT2D eigenvalue weighted by molar-refractivity contribution is 0.101. The monoisotopic (exact) mass is 340 g/mol. The van der Waals surface area contributed by atoms with E-state index >= 15 is 0 Å². The first kappa shape index (κ1) is 17.6. The van der Waals surface area contributed by atoms with Gasteiger partial charge in [-0.1, -0.05) is 6.07 Å². The largest absolute Gasteiger partial charge is 0.370 e. The number of carbonyl (C=O) groups is 1. The number of hydrogen-bond acceptors (Lipinski definition) is 5. The van der Waals surface area contributed by atoms with Crippen molar-refractivity contribution in [1.29, 1.82) is 5.26 Å². The van der Waals surface area contributed by atoms with E-state index in [1.54, 1.807) is 18.2 Å². The lowest BCUT2D eigenvalue weighted by Gasteiger charge is -1.89. The van der Waals surface area contributed by atoms with Crippen molar-refractivity contribution in [2.24, 2.45) is 16.5 Å². The van der Waals surface area contributed by atoms with Gasteiger partial charge < -0.3 is 11.5 Å². The number of rotatable bonds is 1. The van der Waals surface area contributed by atoms with E-state index in [4.69, 9.17) is 21.3 Å². The first-order chi connectivity index (χ1) is 10.1. The highest BCUT2D eigenvalue weighted by molar-refractivity contribution is 7.85. The first-order valence-electron chi connectivity index (χ1n) is 5.61. The molecule has 0 spiro atoms. The van der Waals surface area contributed by atoms with Crippen LogP contribution < -0.4 is 11.5 Å². The Morgan fingerprint density at radius 1 is 1.41 bits per heavy atom. The fraction of sp³-hybridized carbons (Fsp3) is 0.0833. The average molecular weight is 340 g/mol. The Morgan fingerprint density at radius 3 is 2.50 bits per heavy atom. The summed E-state index contributed by atoms with van der Waals surface area (Å²) in [6.45, 7) is 0. The van der Waals surface area contributed by atoms with Gasteiger partial charge in [0.2, 0.25) is 0 Å². The van der Waals surface area contributed by atoms with Gasteiger partial charge in [-0.15, -0.1) is 11.3 Å². The average Bonchev–Trinajstić information content (AvgIpc) is 2.79. The topological polar surface area (TPSA) is 160 Å². The quantitative estimate of drug-likeness (QED) is 0.391. The van der Waals surface area contributed by atoms with Crippen LogP contribution in [0.2, 0.25) is 0 Å². The molecule has 0 aliphatic rings. The number of nitrogens with zero attached hydrogens (tertiary/aromatic N) is 2. The summed E-state index contributed by atoms with van der Waals surface area (Å²) in [5.41, 5.74) is 10.8. The zero-order chi connectivity index (χ0) is 16.9. The Bertz CT molecular complexity index is 866. The maximum atomic E-state index is 11.6. The molecule has 0 aliphatic carbocycles. The van der Waals surface area contributed by atoms with Crippen molar-refractivity contribution in [3.63, 3.8) is 0 Å². The maximum Gasteiger partial charge on any atom is 0.290 e. The first-order valence-corrected chi connectivity index (χ1v) is 8.27. The summed E-state index contributed by atoms with van der Waals surface area (Å²) in [4.78, 5) is 15.5. The van der Waals surface area contributed by atoms with E-state index in [9.17, 15) is 13.2 Å². The van der Waals surface area contributed by atoms with Crippen LogP contribution in [0.25, 0.3) is 10.1 Å². The number of benzene rings is 1. The summed E-state index contributed by atoms with van der Waals surface area (Å²) in [7, 11) is -3.67. The van der Waals surface area contributed by atoms with Crippen molar-refractivity contribution in [3.05, 3.63) is 34.7 Å². The zero-order valence-corrected chi connectivity index (χ0v) is 13.0. The molecule has 22 heavy (non-hydrogen) atoms. The third-order valence-electron chi connectivity index (χ3n) is 2.12. The summed E-state index contributed by atoms with van der Waals surface area (Å²) in [6.07, 6.45) is 0.715. The third-order valence-corrected chi connectivity index (χ3v) is 3.21. The minimum Gasteiger partial charge on any atom is -0.370 e. The van der Waals surface area contributed by atoms with Crippen molar-refractivity contribution in [2.75, 3.05) is 6.26 Å². The minimum atomic E-state index is -3.67. The molecule has 0 saturated carbocycles. The van der Waals surface area contributed by atoms with Crippen LogP contribution in [0.1, 0.15) is 15.2 Å². The van der Waals surface area contributed by atoms with Gasteiger partial charge in [0.05, 0.1) is 22.8 Å². The Labute approximate surface area is 130 Å². The van der Waals surface area contributed by atoms with E-state index in [2.05, 4.69) is 11.1 Å². The minimum absolute atomic E-state index is 0.270. The van der Waals surface area contributed by atoms with Crippen LogP contribution in [0.15, 0.2) is 29.3 Å². The normalized spacial score (nSPS) is 10.2. The Hall–Kier alpha value is -2.48. The summed E-state index contributed by atoms with van der Waals surface area (Å²) in [5.74, 6) is -0.761. The molecule has 10 heteroatoms. The molecule has 116 valence electrons. The summed E-state index contributed by atoms with van der Waals surface area (Å²) in [5, 5.41) is 9.68. The SMILES string of the molecule is CS(=O)(=O)O.N#Cc1cccc2sc(C(=O)N=C(N)N)cc12. The van der Waals surface area contributed by atoms with Gasteiger partial charge in [0.25, 0.3) is 16.0 Å². The second kappa shape index (κ2) is 6.99. The zero-order valence-electron chi connectivity index (χ0n) is 11.3. The van der Waals surface area contributed by atoms with Gasteiger partial charge in [-0.25, -0.2) is 0 Å². The van der Waals surface area contributed by atoms with Gasteiger partial charge in [-0.3, -0.25) is 9.35 Å². The fourth-order valence-corrected chi connectivity index (χ4v) is 2.41. The number of aliphatic imine (C=N–C) groups is 1. The highest BCUT2D eigenvalue weighted by atomic mass is 32.2.